The molecule has 2 nitrogen and oxygen atoms in total. The summed E-state index contributed by atoms with van der Waals surface area (Å²) in [6, 6.07) is 13.4. The first-order chi connectivity index (χ1) is 9.08. The van der Waals surface area contributed by atoms with Crippen LogP contribution in [0, 0.1) is 13.8 Å². The number of anilines is 1. The molecule has 0 radical (unpaired) electrons. The minimum Gasteiger partial charge on any atom is -0.326 e. The number of amides is 1. The second kappa shape index (κ2) is 5.89. The number of nitrogens with one attached hydrogen (secondary N) is 1. The van der Waals surface area contributed by atoms with E-state index in [1.54, 1.807) is 0 Å². The minimum atomic E-state index is -0.0281. The summed E-state index contributed by atoms with van der Waals surface area (Å²) in [5, 5.41) is 3.56. The van der Waals surface area contributed by atoms with Gasteiger partial charge < -0.3 is 5.32 Å². The van der Waals surface area contributed by atoms with Gasteiger partial charge in [-0.05, 0) is 42.7 Å². The SMILES string of the molecule is Cc1ccccc1CC(=O)Nc1cccc(Cl)c1C. The number of benzene rings is 2. The molecule has 1 N–H and O–H groups in total. The molecule has 3 heteroatoms. The third kappa shape index (κ3) is 3.36. The van der Waals surface area contributed by atoms with Crippen LogP contribution >= 0.6 is 11.6 Å². The van der Waals surface area contributed by atoms with Crippen molar-refractivity contribution in [2.45, 2.75) is 20.3 Å². The number of rotatable bonds is 3. The molecule has 2 rings (SSSR count). The lowest BCUT2D eigenvalue weighted by Gasteiger charge is -2.10. The zero-order valence-electron chi connectivity index (χ0n) is 11.0. The monoisotopic (exact) mass is 273 g/mol. The normalized spacial score (nSPS) is 10.3. The smallest absolute Gasteiger partial charge is 0.228 e. The van der Waals surface area contributed by atoms with Crippen molar-refractivity contribution in [1.29, 1.82) is 0 Å². The summed E-state index contributed by atoms with van der Waals surface area (Å²) < 4.78 is 0. The van der Waals surface area contributed by atoms with E-state index in [1.807, 2.05) is 56.3 Å². The lowest BCUT2D eigenvalue weighted by molar-refractivity contribution is -0.115. The second-order valence-corrected chi connectivity index (χ2v) is 4.97. The Balaban J connectivity index is 2.10. The van der Waals surface area contributed by atoms with Crippen molar-refractivity contribution in [2.24, 2.45) is 0 Å². The largest absolute Gasteiger partial charge is 0.326 e. The number of aryl methyl sites for hydroxylation is 1. The average molecular weight is 274 g/mol. The fourth-order valence-corrected chi connectivity index (χ4v) is 2.09. The molecule has 0 fully saturated rings. The van der Waals surface area contributed by atoms with E-state index in [1.165, 1.54) is 0 Å². The Labute approximate surface area is 118 Å². The lowest BCUT2D eigenvalue weighted by Crippen LogP contribution is -2.15. The maximum atomic E-state index is 12.0. The van der Waals surface area contributed by atoms with Crippen molar-refractivity contribution in [2.75, 3.05) is 5.32 Å². The van der Waals surface area contributed by atoms with Crippen LogP contribution in [0.2, 0.25) is 5.02 Å². The molecule has 0 spiro atoms. The Morgan fingerprint density at radius 1 is 1.11 bits per heavy atom. The molecule has 2 aromatic rings. The topological polar surface area (TPSA) is 29.1 Å². The molecule has 2 aromatic carbocycles. The molecule has 0 atom stereocenters. The van der Waals surface area contributed by atoms with Gasteiger partial charge in [-0.2, -0.15) is 0 Å². The summed E-state index contributed by atoms with van der Waals surface area (Å²) >= 11 is 6.03. The van der Waals surface area contributed by atoms with Gasteiger partial charge in [-0.3, -0.25) is 4.79 Å². The number of hydrogen-bond donors (Lipinski definition) is 1. The Hall–Kier alpha value is -1.80. The van der Waals surface area contributed by atoms with Crippen LogP contribution in [0.3, 0.4) is 0 Å². The molecule has 19 heavy (non-hydrogen) atoms. The Kier molecular flexibility index (Phi) is 4.23. The van der Waals surface area contributed by atoms with E-state index in [9.17, 15) is 4.79 Å². The van der Waals surface area contributed by atoms with Crippen LogP contribution in [0.5, 0.6) is 0 Å². The molecular weight excluding hydrogens is 258 g/mol. The third-order valence-corrected chi connectivity index (χ3v) is 3.56. The highest BCUT2D eigenvalue weighted by Gasteiger charge is 2.08. The summed E-state index contributed by atoms with van der Waals surface area (Å²) in [6.07, 6.45) is 0.374. The van der Waals surface area contributed by atoms with E-state index in [-0.39, 0.29) is 5.91 Å². The van der Waals surface area contributed by atoms with Gasteiger partial charge in [-0.15, -0.1) is 0 Å². The first kappa shape index (κ1) is 13.6. The lowest BCUT2D eigenvalue weighted by atomic mass is 10.1. The van der Waals surface area contributed by atoms with Crippen LogP contribution in [0.1, 0.15) is 16.7 Å². The fourth-order valence-electron chi connectivity index (χ4n) is 1.92. The molecule has 0 aliphatic heterocycles. The van der Waals surface area contributed by atoms with E-state index in [0.29, 0.717) is 11.4 Å². The average Bonchev–Trinajstić information content (AvgIpc) is 2.38. The summed E-state index contributed by atoms with van der Waals surface area (Å²) in [5.41, 5.74) is 3.83. The van der Waals surface area contributed by atoms with Gasteiger partial charge >= 0.3 is 0 Å². The van der Waals surface area contributed by atoms with Gasteiger partial charge in [-0.25, -0.2) is 0 Å². The standard InChI is InChI=1S/C16H16ClNO/c1-11-6-3-4-7-13(11)10-16(19)18-15-9-5-8-14(17)12(15)2/h3-9H,10H2,1-2H3,(H,18,19). The molecule has 0 bridgehead atoms. The fraction of sp³-hybridized carbons (Fsp3) is 0.188. The molecule has 0 saturated heterocycles. The first-order valence-corrected chi connectivity index (χ1v) is 6.55. The van der Waals surface area contributed by atoms with Crippen molar-refractivity contribution < 1.29 is 4.79 Å². The predicted octanol–water partition coefficient (Wildman–Crippen LogP) is 4.14. The van der Waals surface area contributed by atoms with Crippen LogP contribution in [-0.2, 0) is 11.2 Å². The van der Waals surface area contributed by atoms with E-state index < -0.39 is 0 Å². The van der Waals surface area contributed by atoms with Crippen molar-refractivity contribution >= 4 is 23.2 Å². The van der Waals surface area contributed by atoms with Crippen LogP contribution < -0.4 is 5.32 Å². The molecule has 0 heterocycles. The van der Waals surface area contributed by atoms with Crippen molar-refractivity contribution in [3.8, 4) is 0 Å². The highest BCUT2D eigenvalue weighted by molar-refractivity contribution is 6.31. The molecule has 0 aromatic heterocycles. The zero-order valence-corrected chi connectivity index (χ0v) is 11.8. The van der Waals surface area contributed by atoms with Crippen molar-refractivity contribution in [1.82, 2.24) is 0 Å². The van der Waals surface area contributed by atoms with Crippen LogP contribution in [0.25, 0.3) is 0 Å². The molecule has 1 amide bonds. The van der Waals surface area contributed by atoms with Gasteiger partial charge in [0.2, 0.25) is 5.91 Å². The van der Waals surface area contributed by atoms with E-state index >= 15 is 0 Å². The minimum absolute atomic E-state index is 0.0281. The maximum Gasteiger partial charge on any atom is 0.228 e. The molecular formula is C16H16ClNO. The van der Waals surface area contributed by atoms with Gasteiger partial charge in [0.15, 0.2) is 0 Å². The Morgan fingerprint density at radius 2 is 1.84 bits per heavy atom. The van der Waals surface area contributed by atoms with Gasteiger partial charge in [-0.1, -0.05) is 41.9 Å². The van der Waals surface area contributed by atoms with Crippen molar-refractivity contribution in [3.63, 3.8) is 0 Å². The highest BCUT2D eigenvalue weighted by Crippen LogP contribution is 2.23. The summed E-state index contributed by atoms with van der Waals surface area (Å²) in [6.45, 7) is 3.90. The zero-order chi connectivity index (χ0) is 13.8. The third-order valence-electron chi connectivity index (χ3n) is 3.15. The van der Waals surface area contributed by atoms with Crippen LogP contribution in [0.4, 0.5) is 5.69 Å². The summed E-state index contributed by atoms with van der Waals surface area (Å²) in [5.74, 6) is -0.0281. The van der Waals surface area contributed by atoms with E-state index in [4.69, 9.17) is 11.6 Å². The van der Waals surface area contributed by atoms with Gasteiger partial charge in [0.1, 0.15) is 0 Å². The quantitative estimate of drug-likeness (QED) is 0.895. The van der Waals surface area contributed by atoms with Crippen LogP contribution in [0.15, 0.2) is 42.5 Å². The van der Waals surface area contributed by atoms with E-state index in [0.717, 1.165) is 22.4 Å². The van der Waals surface area contributed by atoms with Crippen LogP contribution in [-0.4, -0.2) is 5.91 Å². The van der Waals surface area contributed by atoms with Gasteiger partial charge in [0.25, 0.3) is 0 Å². The summed E-state index contributed by atoms with van der Waals surface area (Å²) in [7, 11) is 0. The maximum absolute atomic E-state index is 12.0. The molecule has 0 unspecified atom stereocenters. The van der Waals surface area contributed by atoms with E-state index in [2.05, 4.69) is 5.32 Å². The number of hydrogen-bond acceptors (Lipinski definition) is 1. The molecule has 0 aliphatic rings. The highest BCUT2D eigenvalue weighted by atomic mass is 35.5. The number of halogens is 1. The van der Waals surface area contributed by atoms with Gasteiger partial charge in [0, 0.05) is 10.7 Å². The Bertz CT molecular complexity index is 607. The first-order valence-electron chi connectivity index (χ1n) is 6.17. The molecule has 98 valence electrons. The van der Waals surface area contributed by atoms with Gasteiger partial charge in [0.05, 0.1) is 6.42 Å². The number of carbonyl (C=O) groups excluding carboxylic acids is 1. The predicted molar refractivity (Wildman–Crippen MR) is 79.7 cm³/mol. The second-order valence-electron chi connectivity index (χ2n) is 4.56. The number of carbonyl (C=O) groups is 1. The summed E-state index contributed by atoms with van der Waals surface area (Å²) in [4.78, 5) is 12.0. The molecule has 0 saturated carbocycles. The molecule has 0 aliphatic carbocycles. The Morgan fingerprint density at radius 3 is 2.58 bits per heavy atom. The van der Waals surface area contributed by atoms with Crippen molar-refractivity contribution in [3.05, 3.63) is 64.2 Å².